The van der Waals surface area contributed by atoms with Crippen molar-refractivity contribution in [3.63, 3.8) is 0 Å². The number of fused-ring (bicyclic) bond motifs is 2. The van der Waals surface area contributed by atoms with Gasteiger partial charge in [-0.15, -0.1) is 0 Å². The van der Waals surface area contributed by atoms with Crippen LogP contribution in [0.15, 0.2) is 30.3 Å². The molecule has 1 saturated carbocycles. The molecular weight excluding hydrogens is 374 g/mol. The predicted molar refractivity (Wildman–Crippen MR) is 115 cm³/mol. The quantitative estimate of drug-likeness (QED) is 0.764. The third-order valence-electron chi connectivity index (χ3n) is 7.58. The van der Waals surface area contributed by atoms with Crippen LogP contribution in [-0.4, -0.2) is 45.1 Å². The third kappa shape index (κ3) is 3.19. The molecule has 156 valence electrons. The van der Waals surface area contributed by atoms with Gasteiger partial charge in [0.05, 0.1) is 24.3 Å². The number of carbonyl (C=O) groups excluding carboxylic acids is 1. The molecule has 0 spiro atoms. The lowest BCUT2D eigenvalue weighted by atomic mass is 9.98. The van der Waals surface area contributed by atoms with Crippen molar-refractivity contribution >= 4 is 5.78 Å². The van der Waals surface area contributed by atoms with E-state index in [2.05, 4.69) is 21.6 Å². The Kier molecular flexibility index (Phi) is 5.00. The number of carbonyl (C=O) groups is 1. The van der Waals surface area contributed by atoms with Gasteiger partial charge in [-0.1, -0.05) is 12.8 Å². The number of nitrogens with zero attached hydrogens (tertiary/aromatic N) is 3. The molecule has 2 aromatic rings. The zero-order valence-electron chi connectivity index (χ0n) is 17.6. The molecule has 1 aromatic carbocycles. The lowest BCUT2D eigenvalue weighted by Gasteiger charge is -2.21. The predicted octanol–water partition coefficient (Wildman–Crippen LogP) is 4.10. The molecule has 3 heterocycles. The van der Waals surface area contributed by atoms with Crippen molar-refractivity contribution in [3.05, 3.63) is 52.8 Å². The standard InChI is InChI=1S/C25H29N3O2/c1-16-21(25(30)15-27-20-10-11-22(27)24(29)12-20)13-23(18-4-2-3-5-18)28(16)19-8-6-17(14-26)7-9-19/h6-9,13,18,20,22,24,29H,2-5,10-12,15H2,1H3/t20?,22?,24-/m1/s1. The molecule has 2 aliphatic heterocycles. The number of nitriles is 1. The average molecular weight is 404 g/mol. The molecule has 3 atom stereocenters. The first-order valence-corrected chi connectivity index (χ1v) is 11.3. The highest BCUT2D eigenvalue weighted by Gasteiger charge is 2.46. The van der Waals surface area contributed by atoms with Crippen LogP contribution in [0.5, 0.6) is 0 Å². The van der Waals surface area contributed by atoms with E-state index in [1.165, 1.54) is 18.5 Å². The normalized spacial score (nSPS) is 26.4. The molecule has 1 N–H and O–H groups in total. The second-order valence-corrected chi connectivity index (χ2v) is 9.24. The van der Waals surface area contributed by atoms with Crippen molar-refractivity contribution in [2.45, 2.75) is 76.0 Å². The summed E-state index contributed by atoms with van der Waals surface area (Å²) in [4.78, 5) is 15.6. The fraction of sp³-hybridized carbons (Fsp3) is 0.520. The Morgan fingerprint density at radius 3 is 2.50 bits per heavy atom. The number of aliphatic hydroxyl groups excluding tert-OH is 1. The van der Waals surface area contributed by atoms with Crippen LogP contribution < -0.4 is 0 Å². The van der Waals surface area contributed by atoms with Gasteiger partial charge in [0.1, 0.15) is 0 Å². The summed E-state index contributed by atoms with van der Waals surface area (Å²) in [7, 11) is 0. The molecular formula is C25H29N3O2. The highest BCUT2D eigenvalue weighted by molar-refractivity contribution is 5.99. The van der Waals surface area contributed by atoms with Gasteiger partial charge in [-0.3, -0.25) is 9.69 Å². The van der Waals surface area contributed by atoms with Crippen molar-refractivity contribution < 1.29 is 9.90 Å². The van der Waals surface area contributed by atoms with E-state index < -0.39 is 0 Å². The van der Waals surface area contributed by atoms with Crippen LogP contribution in [0.4, 0.5) is 0 Å². The van der Waals surface area contributed by atoms with Crippen molar-refractivity contribution in [1.82, 2.24) is 9.47 Å². The smallest absolute Gasteiger partial charge is 0.178 e. The average Bonchev–Trinajstić information content (AvgIpc) is 3.52. The van der Waals surface area contributed by atoms with Crippen LogP contribution in [0.25, 0.3) is 5.69 Å². The van der Waals surface area contributed by atoms with Gasteiger partial charge in [0.2, 0.25) is 0 Å². The Morgan fingerprint density at radius 2 is 1.90 bits per heavy atom. The summed E-state index contributed by atoms with van der Waals surface area (Å²) in [6, 6.07) is 12.5. The largest absolute Gasteiger partial charge is 0.391 e. The Bertz CT molecular complexity index is 995. The summed E-state index contributed by atoms with van der Waals surface area (Å²) in [5.74, 6) is 0.635. The molecule has 30 heavy (non-hydrogen) atoms. The molecule has 3 aliphatic rings. The molecule has 1 aromatic heterocycles. The van der Waals surface area contributed by atoms with Crippen molar-refractivity contribution in [1.29, 1.82) is 5.26 Å². The third-order valence-corrected chi connectivity index (χ3v) is 7.58. The summed E-state index contributed by atoms with van der Waals surface area (Å²) in [6.07, 6.45) is 7.41. The van der Waals surface area contributed by atoms with Crippen LogP contribution in [0.3, 0.4) is 0 Å². The summed E-state index contributed by atoms with van der Waals surface area (Å²) in [5.41, 5.74) is 4.68. The van der Waals surface area contributed by atoms with Gasteiger partial charge >= 0.3 is 0 Å². The number of aliphatic hydroxyl groups is 1. The van der Waals surface area contributed by atoms with E-state index in [-0.39, 0.29) is 17.9 Å². The monoisotopic (exact) mass is 403 g/mol. The molecule has 2 bridgehead atoms. The van der Waals surface area contributed by atoms with Crippen LogP contribution in [0, 0.1) is 18.3 Å². The number of Topliss-reactive ketones (excluding diaryl/α,β-unsaturated/α-hetero) is 1. The van der Waals surface area contributed by atoms with E-state index in [1.54, 1.807) is 0 Å². The van der Waals surface area contributed by atoms with E-state index in [1.807, 2.05) is 31.2 Å². The van der Waals surface area contributed by atoms with Gasteiger partial charge in [0.25, 0.3) is 0 Å². The minimum Gasteiger partial charge on any atom is -0.391 e. The maximum absolute atomic E-state index is 13.4. The highest BCUT2D eigenvalue weighted by atomic mass is 16.3. The molecule has 1 aliphatic carbocycles. The van der Waals surface area contributed by atoms with Gasteiger partial charge in [0, 0.05) is 34.7 Å². The van der Waals surface area contributed by atoms with Gasteiger partial charge in [0.15, 0.2) is 5.78 Å². The number of benzene rings is 1. The van der Waals surface area contributed by atoms with Crippen LogP contribution in [0.2, 0.25) is 0 Å². The Labute approximate surface area is 177 Å². The number of ketones is 1. The van der Waals surface area contributed by atoms with Crippen molar-refractivity contribution in [2.75, 3.05) is 6.54 Å². The Hall–Kier alpha value is -2.42. The second-order valence-electron chi connectivity index (χ2n) is 9.24. The molecule has 0 amide bonds. The van der Waals surface area contributed by atoms with Gasteiger partial charge in [-0.05, 0) is 75.3 Å². The van der Waals surface area contributed by atoms with Crippen LogP contribution in [-0.2, 0) is 0 Å². The number of hydrogen-bond donors (Lipinski definition) is 1. The lowest BCUT2D eigenvalue weighted by molar-refractivity contribution is 0.0873. The summed E-state index contributed by atoms with van der Waals surface area (Å²) in [6.45, 7) is 2.44. The molecule has 5 nitrogen and oxygen atoms in total. The Balaban J connectivity index is 1.49. The van der Waals surface area contributed by atoms with E-state index in [9.17, 15) is 9.90 Å². The molecule has 3 fully saturated rings. The summed E-state index contributed by atoms with van der Waals surface area (Å²) >= 11 is 0. The molecule has 2 saturated heterocycles. The van der Waals surface area contributed by atoms with Crippen molar-refractivity contribution in [3.8, 4) is 11.8 Å². The van der Waals surface area contributed by atoms with Gasteiger partial charge in [-0.25, -0.2) is 0 Å². The topological polar surface area (TPSA) is 69.3 Å². The first kappa shape index (κ1) is 19.5. The molecule has 5 heteroatoms. The van der Waals surface area contributed by atoms with Gasteiger partial charge in [-0.2, -0.15) is 5.26 Å². The van der Waals surface area contributed by atoms with E-state index >= 15 is 0 Å². The van der Waals surface area contributed by atoms with Crippen molar-refractivity contribution in [2.24, 2.45) is 0 Å². The molecule has 2 unspecified atom stereocenters. The van der Waals surface area contributed by atoms with Crippen LogP contribution >= 0.6 is 0 Å². The summed E-state index contributed by atoms with van der Waals surface area (Å²) < 4.78 is 2.23. The second kappa shape index (κ2) is 7.68. The number of hydrogen-bond acceptors (Lipinski definition) is 4. The summed E-state index contributed by atoms with van der Waals surface area (Å²) in [5, 5.41) is 19.4. The number of aromatic nitrogens is 1. The van der Waals surface area contributed by atoms with Gasteiger partial charge < -0.3 is 9.67 Å². The highest BCUT2D eigenvalue weighted by Crippen LogP contribution is 2.40. The zero-order valence-corrected chi connectivity index (χ0v) is 17.6. The zero-order chi connectivity index (χ0) is 20.8. The Morgan fingerprint density at radius 1 is 1.17 bits per heavy atom. The number of rotatable bonds is 5. The SMILES string of the molecule is Cc1c(C(=O)CN2C3CCC2[C@H](O)C3)cc(C2CCCC2)n1-c1ccc(C#N)cc1. The first-order valence-electron chi connectivity index (χ1n) is 11.3. The van der Waals surface area contributed by atoms with Crippen LogP contribution in [0.1, 0.15) is 78.2 Å². The maximum Gasteiger partial charge on any atom is 0.178 e. The lowest BCUT2D eigenvalue weighted by Crippen LogP contribution is -2.36. The first-order chi connectivity index (χ1) is 14.6. The minimum absolute atomic E-state index is 0.147. The maximum atomic E-state index is 13.4. The van der Waals surface area contributed by atoms with E-state index in [0.717, 1.165) is 49.0 Å². The fourth-order valence-corrected chi connectivity index (χ4v) is 6.03. The molecule has 5 rings (SSSR count). The minimum atomic E-state index is -0.282. The fourth-order valence-electron chi connectivity index (χ4n) is 6.03. The van der Waals surface area contributed by atoms with E-state index in [0.29, 0.717) is 24.1 Å². The molecule has 0 radical (unpaired) electrons. The van der Waals surface area contributed by atoms with E-state index in [4.69, 9.17) is 5.26 Å².